The first-order valence-electron chi connectivity index (χ1n) is 6.01. The Morgan fingerprint density at radius 1 is 1.26 bits per heavy atom. The number of benzene rings is 1. The van der Waals surface area contributed by atoms with Crippen LogP contribution in [0, 0.1) is 0 Å². The van der Waals surface area contributed by atoms with Gasteiger partial charge >= 0.3 is 17.8 Å². The summed E-state index contributed by atoms with van der Waals surface area (Å²) in [5, 5.41) is 13.8. The molecule has 0 bridgehead atoms. The van der Waals surface area contributed by atoms with E-state index in [9.17, 15) is 22.4 Å². The van der Waals surface area contributed by atoms with Crippen LogP contribution in [0.1, 0.15) is 5.82 Å². The van der Waals surface area contributed by atoms with E-state index >= 15 is 0 Å². The molecular weight excluding hydrogens is 324 g/mol. The quantitative estimate of drug-likeness (QED) is 0.440. The average molecular weight is 334 g/mol. The summed E-state index contributed by atoms with van der Waals surface area (Å²) in [7, 11) is 0.564. The highest BCUT2D eigenvalue weighted by Crippen LogP contribution is 2.42. The van der Waals surface area contributed by atoms with Crippen molar-refractivity contribution in [1.29, 1.82) is 0 Å². The van der Waals surface area contributed by atoms with Gasteiger partial charge in [-0.1, -0.05) is 0 Å². The lowest BCUT2D eigenvalue weighted by Crippen LogP contribution is -2.46. The van der Waals surface area contributed by atoms with Crippen LogP contribution in [0.2, 0.25) is 0 Å². The number of alkyl halides is 4. The highest BCUT2D eigenvalue weighted by molar-refractivity contribution is 5.79. The van der Waals surface area contributed by atoms with Gasteiger partial charge in [-0.15, -0.1) is 0 Å². The Balaban J connectivity index is 2.35. The van der Waals surface area contributed by atoms with E-state index in [0.29, 0.717) is 12.8 Å². The fourth-order valence-electron chi connectivity index (χ4n) is 1.63. The van der Waals surface area contributed by atoms with E-state index in [0.717, 1.165) is 0 Å². The number of carbonyl (C=O) groups excluding carboxylic acids is 1. The molecule has 1 heterocycles. The number of rotatable bonds is 5. The van der Waals surface area contributed by atoms with Crippen LogP contribution in [-0.2, 0) is 15.5 Å². The van der Waals surface area contributed by atoms with Crippen molar-refractivity contribution in [2.75, 3.05) is 12.6 Å². The smallest absolute Gasteiger partial charge is 0.412 e. The summed E-state index contributed by atoms with van der Waals surface area (Å²) in [5.41, 5.74) is 2.39. The Morgan fingerprint density at radius 3 is 2.39 bits per heavy atom. The molecule has 0 atom stereocenters. The zero-order valence-corrected chi connectivity index (χ0v) is 11.5. The highest BCUT2D eigenvalue weighted by Gasteiger charge is 2.66. The first kappa shape index (κ1) is 16.7. The maximum absolute atomic E-state index is 13.8. The van der Waals surface area contributed by atoms with Crippen LogP contribution in [0.4, 0.5) is 23.2 Å². The van der Waals surface area contributed by atoms with Crippen LogP contribution < -0.4 is 5.48 Å². The molecule has 11 heteroatoms. The van der Waals surface area contributed by atoms with Crippen molar-refractivity contribution in [3.8, 4) is 11.4 Å². The fourth-order valence-corrected chi connectivity index (χ4v) is 1.63. The molecule has 0 spiro atoms. The largest absolute Gasteiger partial charge is 0.464 e. The molecule has 0 fully saturated rings. The Bertz CT molecular complexity index is 703. The topological polar surface area (TPSA) is 100 Å². The Morgan fingerprint density at radius 2 is 1.87 bits per heavy atom. The number of hydrogen-bond donors (Lipinski definition) is 3. The van der Waals surface area contributed by atoms with E-state index in [-0.39, 0.29) is 11.4 Å². The maximum Gasteiger partial charge on any atom is 0.412 e. The molecule has 2 aromatic rings. The molecule has 0 saturated carbocycles. The number of halogens is 4. The minimum atomic E-state index is -5.11. The van der Waals surface area contributed by atoms with Gasteiger partial charge < -0.3 is 4.74 Å². The first-order valence-corrected chi connectivity index (χ1v) is 6.01. The van der Waals surface area contributed by atoms with Gasteiger partial charge in [-0.3, -0.25) is 15.8 Å². The molecule has 0 aliphatic heterocycles. The SMILES string of the molecule is COC(=O)C(F)(F)C(F)(F)c1nc(-c2ccc(NO)cc2)n[nH]1. The Kier molecular flexibility index (Phi) is 4.23. The number of methoxy groups -OCH3 is 1. The summed E-state index contributed by atoms with van der Waals surface area (Å²) in [6.45, 7) is 0. The summed E-state index contributed by atoms with van der Waals surface area (Å²) < 4.78 is 58.1. The number of aromatic nitrogens is 3. The van der Waals surface area contributed by atoms with Crippen LogP contribution in [0.5, 0.6) is 0 Å². The third-order valence-electron chi connectivity index (χ3n) is 2.89. The number of nitrogens with one attached hydrogen (secondary N) is 2. The molecule has 23 heavy (non-hydrogen) atoms. The summed E-state index contributed by atoms with van der Waals surface area (Å²) in [4.78, 5) is 14.2. The molecule has 0 aliphatic rings. The number of aromatic amines is 1. The lowest BCUT2D eigenvalue weighted by molar-refractivity contribution is -0.233. The third kappa shape index (κ3) is 2.82. The fraction of sp³-hybridized carbons (Fsp3) is 0.250. The highest BCUT2D eigenvalue weighted by atomic mass is 19.3. The van der Waals surface area contributed by atoms with Crippen LogP contribution >= 0.6 is 0 Å². The van der Waals surface area contributed by atoms with Gasteiger partial charge in [0.05, 0.1) is 12.8 Å². The molecule has 0 unspecified atom stereocenters. The molecule has 0 amide bonds. The van der Waals surface area contributed by atoms with Crippen molar-refractivity contribution in [2.45, 2.75) is 11.8 Å². The van der Waals surface area contributed by atoms with Gasteiger partial charge in [0.2, 0.25) is 5.82 Å². The standard InChI is InChI=1S/C12H10F4N4O3/c1-23-10(21)12(15,16)11(13,14)9-17-8(18-19-9)6-2-4-7(20-22)5-3-6/h2-5,20,22H,1H3,(H,17,18,19). The van der Waals surface area contributed by atoms with Crippen LogP contribution in [0.3, 0.4) is 0 Å². The number of H-pyrrole nitrogens is 1. The predicted octanol–water partition coefficient (Wildman–Crippen LogP) is 2.17. The lowest BCUT2D eigenvalue weighted by atomic mass is 10.1. The second kappa shape index (κ2) is 5.83. The van der Waals surface area contributed by atoms with Gasteiger partial charge in [0.25, 0.3) is 0 Å². The minimum Gasteiger partial charge on any atom is -0.464 e. The van der Waals surface area contributed by atoms with Crippen molar-refractivity contribution < 1.29 is 32.3 Å². The van der Waals surface area contributed by atoms with Gasteiger partial charge in [-0.2, -0.15) is 22.7 Å². The van der Waals surface area contributed by atoms with Crippen molar-refractivity contribution in [2.24, 2.45) is 0 Å². The number of ether oxygens (including phenoxy) is 1. The molecule has 124 valence electrons. The molecule has 1 aromatic heterocycles. The molecule has 1 aromatic carbocycles. The summed E-state index contributed by atoms with van der Waals surface area (Å²) in [6, 6.07) is 5.49. The number of carbonyl (C=O) groups is 1. The van der Waals surface area contributed by atoms with Gasteiger partial charge in [-0.25, -0.2) is 9.78 Å². The van der Waals surface area contributed by atoms with Gasteiger partial charge in [0.15, 0.2) is 5.82 Å². The van der Waals surface area contributed by atoms with E-state index in [1.807, 2.05) is 5.48 Å². The lowest BCUT2D eigenvalue weighted by Gasteiger charge is -2.21. The van der Waals surface area contributed by atoms with Crippen molar-refractivity contribution >= 4 is 11.7 Å². The molecule has 0 saturated heterocycles. The van der Waals surface area contributed by atoms with E-state index < -0.39 is 23.6 Å². The van der Waals surface area contributed by atoms with Crippen LogP contribution in [-0.4, -0.2) is 39.4 Å². The van der Waals surface area contributed by atoms with Crippen molar-refractivity contribution in [1.82, 2.24) is 15.2 Å². The summed E-state index contributed by atoms with van der Waals surface area (Å²) in [5.74, 6) is -14.2. The first-order chi connectivity index (χ1) is 10.7. The second-order valence-corrected chi connectivity index (χ2v) is 4.34. The van der Waals surface area contributed by atoms with Crippen molar-refractivity contribution in [3.63, 3.8) is 0 Å². The maximum atomic E-state index is 13.8. The normalized spacial score (nSPS) is 12.1. The van der Waals surface area contributed by atoms with E-state index in [1.54, 1.807) is 5.10 Å². The number of hydrogen-bond acceptors (Lipinski definition) is 6. The second-order valence-electron chi connectivity index (χ2n) is 4.34. The molecule has 7 nitrogen and oxygen atoms in total. The van der Waals surface area contributed by atoms with Gasteiger partial charge in [0, 0.05) is 5.56 Å². The monoisotopic (exact) mass is 334 g/mol. The van der Waals surface area contributed by atoms with Crippen LogP contribution in [0.25, 0.3) is 11.4 Å². The van der Waals surface area contributed by atoms with E-state index in [2.05, 4.69) is 14.8 Å². The molecule has 0 radical (unpaired) electrons. The van der Waals surface area contributed by atoms with E-state index in [4.69, 9.17) is 5.21 Å². The van der Waals surface area contributed by atoms with Gasteiger partial charge in [-0.05, 0) is 24.3 Å². The van der Waals surface area contributed by atoms with Gasteiger partial charge in [0.1, 0.15) is 0 Å². The molecule has 0 aliphatic carbocycles. The minimum absolute atomic E-state index is 0.226. The van der Waals surface area contributed by atoms with E-state index in [1.165, 1.54) is 24.3 Å². The molecule has 3 N–H and O–H groups in total. The zero-order valence-electron chi connectivity index (χ0n) is 11.5. The molecular formula is C12H10F4N4O3. The summed E-state index contributed by atoms with van der Waals surface area (Å²) in [6.07, 6.45) is 0. The third-order valence-corrected chi connectivity index (χ3v) is 2.89. The molecule has 2 rings (SSSR count). The Hall–Kier alpha value is -2.69. The zero-order chi connectivity index (χ0) is 17.3. The Labute approximate surface area is 126 Å². The van der Waals surface area contributed by atoms with Crippen LogP contribution in [0.15, 0.2) is 24.3 Å². The summed E-state index contributed by atoms with van der Waals surface area (Å²) >= 11 is 0. The van der Waals surface area contributed by atoms with Crippen molar-refractivity contribution in [3.05, 3.63) is 30.1 Å². The number of anilines is 1. The average Bonchev–Trinajstić information content (AvgIpc) is 3.04. The predicted molar refractivity (Wildman–Crippen MR) is 68.1 cm³/mol. The number of nitrogens with zero attached hydrogens (tertiary/aromatic N) is 2. The number of esters is 1.